The van der Waals surface area contributed by atoms with Gasteiger partial charge in [0.1, 0.15) is 0 Å². The second-order valence-corrected chi connectivity index (χ2v) is 5.76. The fraction of sp³-hybridized carbons (Fsp3) is 0.562. The quantitative estimate of drug-likeness (QED) is 0.818. The summed E-state index contributed by atoms with van der Waals surface area (Å²) in [5.41, 5.74) is 1.11. The maximum Gasteiger partial charge on any atom is 0.305 e. The first-order valence-corrected chi connectivity index (χ1v) is 7.10. The molecule has 1 saturated carbocycles. The lowest BCUT2D eigenvalue weighted by molar-refractivity contribution is -0.138. The standard InChI is InChI=1S/C16H23NO2/c1-12(2)17(11-13-8-9-13)15(10-16(18)19)14-6-4-3-5-7-14/h3-7,12-13,15H,8-11H2,1-2H3,(H,18,19). The van der Waals surface area contributed by atoms with E-state index < -0.39 is 5.97 Å². The second-order valence-electron chi connectivity index (χ2n) is 5.76. The Labute approximate surface area is 115 Å². The molecule has 1 unspecified atom stereocenters. The first-order chi connectivity index (χ1) is 9.08. The number of nitrogens with zero attached hydrogens (tertiary/aromatic N) is 1. The molecule has 1 aromatic rings. The molecule has 0 aliphatic heterocycles. The van der Waals surface area contributed by atoms with Crippen LogP contribution in [0.15, 0.2) is 30.3 Å². The van der Waals surface area contributed by atoms with Crippen molar-refractivity contribution in [2.24, 2.45) is 5.92 Å². The van der Waals surface area contributed by atoms with Gasteiger partial charge in [-0.3, -0.25) is 9.69 Å². The Bertz CT molecular complexity index is 412. The van der Waals surface area contributed by atoms with Gasteiger partial charge in [-0.2, -0.15) is 0 Å². The van der Waals surface area contributed by atoms with E-state index in [0.717, 1.165) is 18.0 Å². The highest BCUT2D eigenvalue weighted by molar-refractivity contribution is 5.68. The summed E-state index contributed by atoms with van der Waals surface area (Å²) < 4.78 is 0. The first kappa shape index (κ1) is 14.1. The molecule has 104 valence electrons. The number of carboxylic acids is 1. The summed E-state index contributed by atoms with van der Waals surface area (Å²) in [6.45, 7) is 5.32. The van der Waals surface area contributed by atoms with Gasteiger partial charge in [0.25, 0.3) is 0 Å². The predicted molar refractivity (Wildman–Crippen MR) is 76.0 cm³/mol. The molecular weight excluding hydrogens is 238 g/mol. The van der Waals surface area contributed by atoms with Gasteiger partial charge in [0.05, 0.1) is 6.42 Å². The van der Waals surface area contributed by atoms with Crippen molar-refractivity contribution in [3.05, 3.63) is 35.9 Å². The monoisotopic (exact) mass is 261 g/mol. The highest BCUT2D eigenvalue weighted by Crippen LogP contribution is 2.35. The highest BCUT2D eigenvalue weighted by Gasteiger charge is 2.31. The molecular formula is C16H23NO2. The molecule has 0 saturated heterocycles. The summed E-state index contributed by atoms with van der Waals surface area (Å²) in [6, 6.07) is 10.4. The third-order valence-electron chi connectivity index (χ3n) is 3.78. The van der Waals surface area contributed by atoms with Crippen LogP contribution in [0.5, 0.6) is 0 Å². The maximum atomic E-state index is 11.2. The Morgan fingerprint density at radius 2 is 1.95 bits per heavy atom. The second kappa shape index (κ2) is 6.20. The number of hydrogen-bond donors (Lipinski definition) is 1. The van der Waals surface area contributed by atoms with E-state index in [2.05, 4.69) is 18.7 Å². The van der Waals surface area contributed by atoms with E-state index in [-0.39, 0.29) is 12.5 Å². The summed E-state index contributed by atoms with van der Waals surface area (Å²) >= 11 is 0. The number of carbonyl (C=O) groups is 1. The van der Waals surface area contributed by atoms with Gasteiger partial charge < -0.3 is 5.11 Å². The molecule has 1 fully saturated rings. The zero-order chi connectivity index (χ0) is 13.8. The zero-order valence-electron chi connectivity index (χ0n) is 11.7. The number of rotatable bonds is 7. The Morgan fingerprint density at radius 3 is 2.42 bits per heavy atom. The Morgan fingerprint density at radius 1 is 1.32 bits per heavy atom. The highest BCUT2D eigenvalue weighted by atomic mass is 16.4. The van der Waals surface area contributed by atoms with Gasteiger partial charge in [0.2, 0.25) is 0 Å². The molecule has 0 bridgehead atoms. The van der Waals surface area contributed by atoms with E-state index >= 15 is 0 Å². The molecule has 0 radical (unpaired) electrons. The van der Waals surface area contributed by atoms with Gasteiger partial charge in [-0.25, -0.2) is 0 Å². The van der Waals surface area contributed by atoms with Crippen LogP contribution in [0.25, 0.3) is 0 Å². The first-order valence-electron chi connectivity index (χ1n) is 7.10. The number of benzene rings is 1. The molecule has 19 heavy (non-hydrogen) atoms. The SMILES string of the molecule is CC(C)N(CC1CC1)C(CC(=O)O)c1ccccc1. The van der Waals surface area contributed by atoms with Crippen LogP contribution < -0.4 is 0 Å². The lowest BCUT2D eigenvalue weighted by atomic mass is 10.00. The number of aliphatic carboxylic acids is 1. The fourth-order valence-corrected chi connectivity index (χ4v) is 2.56. The van der Waals surface area contributed by atoms with E-state index in [0.29, 0.717) is 6.04 Å². The topological polar surface area (TPSA) is 40.5 Å². The molecule has 0 heterocycles. The average molecular weight is 261 g/mol. The zero-order valence-corrected chi connectivity index (χ0v) is 11.7. The number of carboxylic acid groups (broad SMARTS) is 1. The minimum Gasteiger partial charge on any atom is -0.481 e. The minimum atomic E-state index is -0.727. The third kappa shape index (κ3) is 4.06. The van der Waals surface area contributed by atoms with Crippen molar-refractivity contribution in [3.8, 4) is 0 Å². The summed E-state index contributed by atoms with van der Waals surface area (Å²) in [5.74, 6) is 0.0395. The van der Waals surface area contributed by atoms with Gasteiger partial charge in [-0.05, 0) is 38.2 Å². The number of hydrogen-bond acceptors (Lipinski definition) is 2. The molecule has 3 nitrogen and oxygen atoms in total. The molecule has 0 aromatic heterocycles. The van der Waals surface area contributed by atoms with Crippen molar-refractivity contribution in [1.29, 1.82) is 0 Å². The van der Waals surface area contributed by atoms with Crippen molar-refractivity contribution in [3.63, 3.8) is 0 Å². The van der Waals surface area contributed by atoms with Crippen LogP contribution in [-0.2, 0) is 4.79 Å². The lowest BCUT2D eigenvalue weighted by Gasteiger charge is -2.34. The summed E-state index contributed by atoms with van der Waals surface area (Å²) in [6.07, 6.45) is 2.75. The summed E-state index contributed by atoms with van der Waals surface area (Å²) in [7, 11) is 0. The minimum absolute atomic E-state index is 0.0145. The van der Waals surface area contributed by atoms with E-state index in [1.54, 1.807) is 0 Å². The molecule has 1 N–H and O–H groups in total. The van der Waals surface area contributed by atoms with Gasteiger partial charge in [-0.1, -0.05) is 30.3 Å². The van der Waals surface area contributed by atoms with Gasteiger partial charge >= 0.3 is 5.97 Å². The third-order valence-corrected chi connectivity index (χ3v) is 3.78. The van der Waals surface area contributed by atoms with Crippen LogP contribution in [0.4, 0.5) is 0 Å². The lowest BCUT2D eigenvalue weighted by Crippen LogP contribution is -2.37. The van der Waals surface area contributed by atoms with Gasteiger partial charge in [0.15, 0.2) is 0 Å². The average Bonchev–Trinajstić information content (AvgIpc) is 3.18. The molecule has 3 heteroatoms. The smallest absolute Gasteiger partial charge is 0.305 e. The molecule has 1 aromatic carbocycles. The van der Waals surface area contributed by atoms with Crippen LogP contribution >= 0.6 is 0 Å². The largest absolute Gasteiger partial charge is 0.481 e. The molecule has 1 aliphatic carbocycles. The Hall–Kier alpha value is -1.35. The van der Waals surface area contributed by atoms with Crippen LogP contribution in [0.1, 0.15) is 44.7 Å². The van der Waals surface area contributed by atoms with Crippen molar-refractivity contribution in [2.45, 2.75) is 45.2 Å². The van der Waals surface area contributed by atoms with E-state index in [1.807, 2.05) is 30.3 Å². The normalized spacial score (nSPS) is 16.8. The fourth-order valence-electron chi connectivity index (χ4n) is 2.56. The molecule has 2 rings (SSSR count). The van der Waals surface area contributed by atoms with Gasteiger partial charge in [0, 0.05) is 18.6 Å². The maximum absolute atomic E-state index is 11.2. The van der Waals surface area contributed by atoms with Crippen LogP contribution in [0.3, 0.4) is 0 Å². The summed E-state index contributed by atoms with van der Waals surface area (Å²) in [4.78, 5) is 13.5. The van der Waals surface area contributed by atoms with E-state index in [1.165, 1.54) is 12.8 Å². The van der Waals surface area contributed by atoms with Gasteiger partial charge in [-0.15, -0.1) is 0 Å². The van der Waals surface area contributed by atoms with E-state index in [9.17, 15) is 9.90 Å². The Balaban J connectivity index is 2.20. The summed E-state index contributed by atoms with van der Waals surface area (Å²) in [5, 5.41) is 9.20. The Kier molecular flexibility index (Phi) is 4.59. The van der Waals surface area contributed by atoms with Crippen molar-refractivity contribution in [1.82, 2.24) is 4.90 Å². The predicted octanol–water partition coefficient (Wildman–Crippen LogP) is 3.32. The molecule has 0 spiro atoms. The van der Waals surface area contributed by atoms with E-state index in [4.69, 9.17) is 0 Å². The van der Waals surface area contributed by atoms with Crippen molar-refractivity contribution >= 4 is 5.97 Å². The van der Waals surface area contributed by atoms with Crippen LogP contribution in [0, 0.1) is 5.92 Å². The van der Waals surface area contributed by atoms with Crippen molar-refractivity contribution in [2.75, 3.05) is 6.54 Å². The van der Waals surface area contributed by atoms with Crippen molar-refractivity contribution < 1.29 is 9.90 Å². The molecule has 1 aliphatic rings. The molecule has 0 amide bonds. The van der Waals surface area contributed by atoms with Crippen LogP contribution in [-0.4, -0.2) is 28.6 Å². The van der Waals surface area contributed by atoms with Crippen LogP contribution in [0.2, 0.25) is 0 Å². The molecule has 1 atom stereocenters.